The number of allylic oxidation sites excluding steroid dienone is 8. The zero-order valence-corrected chi connectivity index (χ0v) is 16.6. The first-order valence-corrected chi connectivity index (χ1v) is 7.24. The molecule has 0 aromatic heterocycles. The zero-order chi connectivity index (χ0) is 13.1. The maximum absolute atomic E-state index is 3.49. The summed E-state index contributed by atoms with van der Waals surface area (Å²) in [4.78, 5) is 0. The second-order valence-corrected chi connectivity index (χ2v) is 5.33. The quantitative estimate of drug-likeness (QED) is 0.459. The van der Waals surface area contributed by atoms with Gasteiger partial charge in [-0.2, -0.15) is 22.3 Å². The summed E-state index contributed by atoms with van der Waals surface area (Å²) in [6.07, 6.45) is 13.9. The van der Waals surface area contributed by atoms with Crippen molar-refractivity contribution >= 4 is 0 Å². The van der Waals surface area contributed by atoms with Gasteiger partial charge in [-0.3, -0.25) is 12.2 Å². The average Bonchev–Trinajstić information content (AvgIpc) is 2.89. The first kappa shape index (κ1) is 23.5. The number of hydrogen-bond donors (Lipinski definition) is 0. The van der Waals surface area contributed by atoms with Gasteiger partial charge in [0, 0.05) is 0 Å². The summed E-state index contributed by atoms with van der Waals surface area (Å²) in [5, 5.41) is 0. The van der Waals surface area contributed by atoms with Gasteiger partial charge in [-0.15, -0.1) is 12.8 Å². The topological polar surface area (TPSA) is 0 Å². The first-order valence-electron chi connectivity index (χ1n) is 7.24. The standard InChI is InChI=1S/C18H24.2ClH.Ti/c1-5-17-13(3)7-9-15(17)11-12-16-10-8-14(4)18(16)6-2;;;/h5-6,9-12H2,1-4H3;2*1H;/q-2;;;+4/p-2. The molecular weight excluding hydrogens is 335 g/mol. The summed E-state index contributed by atoms with van der Waals surface area (Å²) in [6.45, 7) is 8.94. The Kier molecular flexibility index (Phi) is 12.2. The van der Waals surface area contributed by atoms with Crippen molar-refractivity contribution in [2.75, 3.05) is 0 Å². The summed E-state index contributed by atoms with van der Waals surface area (Å²) >= 11 is 0. The van der Waals surface area contributed by atoms with Gasteiger partial charge in [0.15, 0.2) is 0 Å². The molecule has 2 rings (SSSR count). The molecule has 0 unspecified atom stereocenters. The van der Waals surface area contributed by atoms with Crippen LogP contribution >= 0.6 is 0 Å². The van der Waals surface area contributed by atoms with E-state index in [0.29, 0.717) is 0 Å². The molecule has 0 fully saturated rings. The molecular formula is C18H24Cl2Ti. The van der Waals surface area contributed by atoms with Crippen molar-refractivity contribution in [1.29, 1.82) is 0 Å². The van der Waals surface area contributed by atoms with E-state index in [9.17, 15) is 0 Å². The Labute approximate surface area is 157 Å². The normalized spacial score (nSPS) is 17.0. The number of halogens is 2. The predicted octanol–water partition coefficient (Wildman–Crippen LogP) is -0.508. The van der Waals surface area contributed by atoms with E-state index in [2.05, 4.69) is 39.8 Å². The molecule has 0 bridgehead atoms. The van der Waals surface area contributed by atoms with Crippen molar-refractivity contribution in [3.63, 3.8) is 0 Å². The molecule has 0 spiro atoms. The molecule has 0 aromatic carbocycles. The van der Waals surface area contributed by atoms with Crippen LogP contribution in [0.25, 0.3) is 0 Å². The molecule has 3 heteroatoms. The van der Waals surface area contributed by atoms with Gasteiger partial charge in [0.1, 0.15) is 0 Å². The van der Waals surface area contributed by atoms with Crippen LogP contribution in [0, 0.1) is 12.2 Å². The van der Waals surface area contributed by atoms with E-state index in [0.717, 1.165) is 25.7 Å². The van der Waals surface area contributed by atoms with Gasteiger partial charge in [-0.25, -0.2) is 11.1 Å². The molecule has 2 aliphatic rings. The molecule has 0 aliphatic heterocycles. The molecule has 21 heavy (non-hydrogen) atoms. The van der Waals surface area contributed by atoms with E-state index in [-0.39, 0.29) is 46.5 Å². The monoisotopic (exact) mass is 358 g/mol. The van der Waals surface area contributed by atoms with Gasteiger partial charge in [-0.1, -0.05) is 40.5 Å². The molecule has 0 radical (unpaired) electrons. The summed E-state index contributed by atoms with van der Waals surface area (Å²) in [6, 6.07) is 0. The maximum atomic E-state index is 3.49. The molecule has 0 amide bonds. The van der Waals surface area contributed by atoms with Crippen LogP contribution in [-0.4, -0.2) is 0 Å². The third-order valence-electron chi connectivity index (χ3n) is 4.33. The van der Waals surface area contributed by atoms with Crippen LogP contribution in [0.2, 0.25) is 0 Å². The second kappa shape index (κ2) is 10.9. The molecule has 0 aromatic rings. The average molecular weight is 359 g/mol. The third kappa shape index (κ3) is 5.43. The fraction of sp³-hybridized carbons (Fsp3) is 0.556. The molecule has 0 saturated carbocycles. The largest absolute Gasteiger partial charge is 4.00 e. The second-order valence-electron chi connectivity index (χ2n) is 5.33. The van der Waals surface area contributed by atoms with E-state index in [1.165, 1.54) is 24.0 Å². The molecule has 0 saturated heterocycles. The van der Waals surface area contributed by atoms with Crippen LogP contribution in [0.5, 0.6) is 0 Å². The minimum absolute atomic E-state index is 0. The van der Waals surface area contributed by atoms with E-state index < -0.39 is 0 Å². The van der Waals surface area contributed by atoms with E-state index in [1.54, 1.807) is 22.3 Å². The van der Waals surface area contributed by atoms with Gasteiger partial charge in [0.2, 0.25) is 0 Å². The molecule has 0 nitrogen and oxygen atoms in total. The maximum Gasteiger partial charge on any atom is 4.00 e. The summed E-state index contributed by atoms with van der Waals surface area (Å²) in [5.41, 5.74) is 9.18. The van der Waals surface area contributed by atoms with Crippen molar-refractivity contribution in [2.45, 2.75) is 66.2 Å². The van der Waals surface area contributed by atoms with Crippen LogP contribution in [0.4, 0.5) is 0 Å². The minimum atomic E-state index is 0. The minimum Gasteiger partial charge on any atom is -1.00 e. The van der Waals surface area contributed by atoms with Crippen molar-refractivity contribution in [1.82, 2.24) is 0 Å². The zero-order valence-electron chi connectivity index (χ0n) is 13.5. The Morgan fingerprint density at radius 3 is 1.38 bits per heavy atom. The summed E-state index contributed by atoms with van der Waals surface area (Å²) in [7, 11) is 0. The van der Waals surface area contributed by atoms with Gasteiger partial charge in [0.05, 0.1) is 0 Å². The Bertz CT molecular complexity index is 424. The van der Waals surface area contributed by atoms with Crippen molar-refractivity contribution in [3.05, 3.63) is 45.6 Å². The summed E-state index contributed by atoms with van der Waals surface area (Å²) in [5.74, 6) is 0. The molecule has 0 N–H and O–H groups in total. The van der Waals surface area contributed by atoms with Crippen LogP contribution in [-0.2, 0) is 21.7 Å². The number of hydrogen-bond acceptors (Lipinski definition) is 0. The van der Waals surface area contributed by atoms with Crippen LogP contribution in [0.3, 0.4) is 0 Å². The van der Waals surface area contributed by atoms with Crippen LogP contribution in [0.1, 0.15) is 66.2 Å². The van der Waals surface area contributed by atoms with Gasteiger partial charge >= 0.3 is 21.7 Å². The third-order valence-corrected chi connectivity index (χ3v) is 4.33. The van der Waals surface area contributed by atoms with Crippen molar-refractivity contribution in [3.8, 4) is 0 Å². The Hall–Kier alpha value is 0.254. The van der Waals surface area contributed by atoms with Crippen LogP contribution in [0.15, 0.2) is 33.4 Å². The van der Waals surface area contributed by atoms with Crippen LogP contribution < -0.4 is 24.8 Å². The fourth-order valence-electron chi connectivity index (χ4n) is 3.25. The molecule has 114 valence electrons. The van der Waals surface area contributed by atoms with E-state index in [1.807, 2.05) is 0 Å². The van der Waals surface area contributed by atoms with Gasteiger partial charge in [-0.05, 0) is 12.8 Å². The van der Waals surface area contributed by atoms with Crippen molar-refractivity contribution in [2.24, 2.45) is 0 Å². The van der Waals surface area contributed by atoms with Crippen molar-refractivity contribution < 1.29 is 46.5 Å². The molecule has 0 atom stereocenters. The SMILES string of the molecule is CCC1=C(CCC2=C(CC)C(C)=[C-]C2)C[C-]=C1C.[Cl-].[Cl-].[Ti+4]. The Morgan fingerprint density at radius 1 is 0.762 bits per heavy atom. The Balaban J connectivity index is 0. The molecule has 0 heterocycles. The van der Waals surface area contributed by atoms with E-state index in [4.69, 9.17) is 0 Å². The van der Waals surface area contributed by atoms with E-state index >= 15 is 0 Å². The Morgan fingerprint density at radius 2 is 1.10 bits per heavy atom. The van der Waals surface area contributed by atoms with Gasteiger partial charge in [0.25, 0.3) is 0 Å². The molecule has 2 aliphatic carbocycles. The predicted molar refractivity (Wildman–Crippen MR) is 78.0 cm³/mol. The fourth-order valence-corrected chi connectivity index (χ4v) is 3.25. The summed E-state index contributed by atoms with van der Waals surface area (Å²) < 4.78 is 0. The van der Waals surface area contributed by atoms with Gasteiger partial charge < -0.3 is 24.8 Å². The number of rotatable bonds is 5. The first-order chi connectivity index (χ1) is 8.67. The smallest absolute Gasteiger partial charge is 1.00 e.